The van der Waals surface area contributed by atoms with Crippen molar-refractivity contribution in [3.63, 3.8) is 0 Å². The molecule has 11 nitrogen and oxygen atoms in total. The van der Waals surface area contributed by atoms with Gasteiger partial charge in [-0.25, -0.2) is 0 Å². The lowest BCUT2D eigenvalue weighted by Gasteiger charge is -2.50. The van der Waals surface area contributed by atoms with E-state index in [4.69, 9.17) is 21.8 Å². The van der Waals surface area contributed by atoms with Crippen molar-refractivity contribution in [2.24, 2.45) is 17.6 Å². The molecule has 0 bridgehead atoms. The number of nitrogens with two attached hydrogens (primary N) is 1. The summed E-state index contributed by atoms with van der Waals surface area (Å²) in [5, 5.41) is 45.6. The number of hydrogen-bond donors (Lipinski definition) is 5. The van der Waals surface area contributed by atoms with Gasteiger partial charge >= 0.3 is 0 Å². The molecule has 12 heteroatoms. The Morgan fingerprint density at radius 2 is 1.82 bits per heavy atom. The third kappa shape index (κ3) is 3.60. The molecule has 1 aromatic carbocycles. The van der Waals surface area contributed by atoms with Crippen molar-refractivity contribution in [1.82, 2.24) is 4.90 Å². The van der Waals surface area contributed by atoms with Gasteiger partial charge in [-0.2, -0.15) is 0 Å². The second-order valence-electron chi connectivity index (χ2n) is 10.6. The number of phenols is 1. The molecule has 0 radical (unpaired) electrons. The fraction of sp³-hybridized carbons (Fsp3) is 0.370. The Balaban J connectivity index is 1.78. The molecule has 0 aliphatic heterocycles. The Kier molecular flexibility index (Phi) is 6.09. The van der Waals surface area contributed by atoms with Gasteiger partial charge in [-0.05, 0) is 68.2 Å². The highest BCUT2D eigenvalue weighted by atomic mass is 35.5. The summed E-state index contributed by atoms with van der Waals surface area (Å²) < 4.78 is 5.48. The van der Waals surface area contributed by atoms with E-state index in [0.29, 0.717) is 11.3 Å². The van der Waals surface area contributed by atoms with Gasteiger partial charge in [0.15, 0.2) is 16.6 Å². The Bertz CT molecular complexity index is 1520. The maximum atomic E-state index is 14.0. The molecule has 1 fully saturated rings. The van der Waals surface area contributed by atoms with E-state index in [-0.39, 0.29) is 46.3 Å². The number of phenolic OH excluding ortho intramolecular Hbond substituents is 1. The molecule has 4 atom stereocenters. The largest absolute Gasteiger partial charge is 0.508 e. The van der Waals surface area contributed by atoms with Crippen molar-refractivity contribution >= 4 is 40.5 Å². The van der Waals surface area contributed by atoms with Gasteiger partial charge in [-0.15, -0.1) is 0 Å². The zero-order valence-electron chi connectivity index (χ0n) is 21.6. The fourth-order valence-corrected chi connectivity index (χ4v) is 6.48. The van der Waals surface area contributed by atoms with E-state index in [1.54, 1.807) is 45.2 Å². The van der Waals surface area contributed by atoms with Crippen LogP contribution in [0.15, 0.2) is 39.5 Å². The third-order valence-electron chi connectivity index (χ3n) is 8.02. The number of likely N-dealkylation sites (N-methyl/N-ethyl adjacent to an activating group) is 1. The summed E-state index contributed by atoms with van der Waals surface area (Å²) in [5.74, 6) is -6.81. The summed E-state index contributed by atoms with van der Waals surface area (Å²) in [5.41, 5.74) is 2.95. The van der Waals surface area contributed by atoms with Crippen LogP contribution in [0.3, 0.4) is 0 Å². The molecular weight excluding hydrogens is 530 g/mol. The molecule has 1 heterocycles. The molecule has 3 aliphatic rings. The molecule has 1 aromatic heterocycles. The molecule has 1 saturated carbocycles. The first-order valence-electron chi connectivity index (χ1n) is 12.2. The molecule has 0 saturated heterocycles. The summed E-state index contributed by atoms with van der Waals surface area (Å²) >= 11 is 5.94. The van der Waals surface area contributed by atoms with E-state index >= 15 is 0 Å². The number of anilines is 1. The summed E-state index contributed by atoms with van der Waals surface area (Å²) in [4.78, 5) is 42.6. The number of primary amides is 1. The number of benzene rings is 1. The highest BCUT2D eigenvalue weighted by molar-refractivity contribution is 6.29. The van der Waals surface area contributed by atoms with Crippen molar-refractivity contribution in [3.8, 4) is 17.1 Å². The van der Waals surface area contributed by atoms with Gasteiger partial charge in [-0.3, -0.25) is 19.3 Å². The number of aromatic hydroxyl groups is 1. The summed E-state index contributed by atoms with van der Waals surface area (Å²) in [6, 6.07) is 3.59. The lowest BCUT2D eigenvalue weighted by Crippen LogP contribution is -2.65. The second-order valence-corrected chi connectivity index (χ2v) is 11.0. The second kappa shape index (κ2) is 8.87. The quantitative estimate of drug-likeness (QED) is 0.349. The number of amides is 1. The zero-order valence-corrected chi connectivity index (χ0v) is 22.4. The maximum Gasteiger partial charge on any atom is 0.255 e. The Hall–Kier alpha value is -3.80. The molecule has 1 amide bonds. The van der Waals surface area contributed by atoms with Crippen LogP contribution in [0.2, 0.25) is 5.22 Å². The minimum absolute atomic E-state index is 0.00886. The lowest BCUT2D eigenvalue weighted by molar-refractivity contribution is -0.153. The number of halogens is 1. The number of aliphatic hydroxyl groups is 3. The van der Waals surface area contributed by atoms with E-state index in [1.807, 2.05) is 0 Å². The van der Waals surface area contributed by atoms with Crippen LogP contribution in [-0.2, 0) is 20.8 Å². The number of nitrogens with zero attached hydrogens (tertiary/aromatic N) is 2. The molecular formula is C27H28ClN3O8. The predicted octanol–water partition coefficient (Wildman–Crippen LogP) is 1.94. The van der Waals surface area contributed by atoms with Gasteiger partial charge in [-0.1, -0.05) is 0 Å². The van der Waals surface area contributed by atoms with Crippen LogP contribution >= 0.6 is 11.6 Å². The van der Waals surface area contributed by atoms with Crippen LogP contribution in [-0.4, -0.2) is 82.6 Å². The summed E-state index contributed by atoms with van der Waals surface area (Å²) in [7, 11) is 6.67. The summed E-state index contributed by atoms with van der Waals surface area (Å²) in [6.45, 7) is 0. The number of rotatable bonds is 4. The normalized spacial score (nSPS) is 26.5. The van der Waals surface area contributed by atoms with Crippen molar-refractivity contribution in [2.75, 3.05) is 33.1 Å². The Labute approximate surface area is 228 Å². The average molecular weight is 558 g/mol. The third-order valence-corrected chi connectivity index (χ3v) is 8.22. The molecule has 0 spiro atoms. The van der Waals surface area contributed by atoms with Crippen LogP contribution in [0.25, 0.3) is 17.1 Å². The number of fused-ring (bicyclic) bond motifs is 3. The molecule has 6 N–H and O–H groups in total. The first-order valence-corrected chi connectivity index (χ1v) is 12.6. The van der Waals surface area contributed by atoms with E-state index in [0.717, 1.165) is 0 Å². The molecule has 206 valence electrons. The molecule has 2 aromatic rings. The number of aliphatic hydroxyl groups excluding tert-OH is 2. The number of hydrogen-bond acceptors (Lipinski definition) is 10. The lowest BCUT2D eigenvalue weighted by atomic mass is 9.57. The monoisotopic (exact) mass is 557 g/mol. The highest BCUT2D eigenvalue weighted by Gasteiger charge is 2.64. The van der Waals surface area contributed by atoms with Crippen LogP contribution < -0.4 is 10.6 Å². The molecule has 3 aliphatic carbocycles. The Morgan fingerprint density at radius 1 is 1.15 bits per heavy atom. The predicted molar refractivity (Wildman–Crippen MR) is 141 cm³/mol. The number of ketones is 2. The number of carbonyl (C=O) groups is 3. The molecule has 5 rings (SSSR count). The van der Waals surface area contributed by atoms with Crippen molar-refractivity contribution in [2.45, 2.75) is 24.5 Å². The van der Waals surface area contributed by atoms with Crippen LogP contribution in [0.5, 0.6) is 5.75 Å². The van der Waals surface area contributed by atoms with Gasteiger partial charge in [0.1, 0.15) is 28.6 Å². The topological polar surface area (TPSA) is 178 Å². The molecule has 0 unspecified atom stereocenters. The number of furan rings is 1. The minimum Gasteiger partial charge on any atom is -0.508 e. The smallest absolute Gasteiger partial charge is 0.255 e. The average Bonchev–Trinajstić information content (AvgIpc) is 3.26. The van der Waals surface area contributed by atoms with E-state index in [2.05, 4.69) is 0 Å². The van der Waals surface area contributed by atoms with Crippen LogP contribution in [0.4, 0.5) is 5.69 Å². The van der Waals surface area contributed by atoms with Gasteiger partial charge < -0.3 is 35.5 Å². The fourth-order valence-electron chi connectivity index (χ4n) is 6.34. The van der Waals surface area contributed by atoms with Crippen LogP contribution in [0.1, 0.15) is 17.5 Å². The van der Waals surface area contributed by atoms with Gasteiger partial charge in [0.2, 0.25) is 5.78 Å². The SMILES string of the molecule is CN(C)c1cc(-c2ccc(Cl)o2)c(O)c2c1C[C@H]1C[C@@H]3[C@H](N(C)C)C(=O)C(C(N)=O)=C(O)[C@@]3(O)C(=O)C1=C2O. The van der Waals surface area contributed by atoms with E-state index < -0.39 is 58.0 Å². The van der Waals surface area contributed by atoms with E-state index in [9.17, 15) is 34.8 Å². The van der Waals surface area contributed by atoms with Gasteiger partial charge in [0, 0.05) is 31.3 Å². The van der Waals surface area contributed by atoms with Gasteiger partial charge in [0.25, 0.3) is 5.91 Å². The van der Waals surface area contributed by atoms with Gasteiger partial charge in [0.05, 0.1) is 17.2 Å². The van der Waals surface area contributed by atoms with Crippen molar-refractivity contribution < 1.29 is 39.2 Å². The first kappa shape index (κ1) is 26.8. The number of Topliss-reactive ketones (excluding diaryl/α,β-unsaturated/α-hetero) is 2. The van der Waals surface area contributed by atoms with Crippen LogP contribution in [0, 0.1) is 11.8 Å². The maximum absolute atomic E-state index is 14.0. The highest BCUT2D eigenvalue weighted by Crippen LogP contribution is 2.55. The minimum atomic E-state index is -2.70. The molecule has 39 heavy (non-hydrogen) atoms. The number of carbonyl (C=O) groups excluding carboxylic acids is 3. The standard InChI is InChI=1S/C27H28ClN3O8/c1-30(2)14-9-12(15-5-6-16(28)39-15)21(32)18-11(14)7-10-8-13-20(31(3)4)23(34)19(26(29)37)25(36)27(13,38)24(35)17(10)22(18)33/h5-6,9-10,13,20,32-33,36,38H,7-8H2,1-4H3,(H2,29,37)/t10-,13+,20-,27-/m0/s1. The van der Waals surface area contributed by atoms with Crippen molar-refractivity contribution in [3.05, 3.63) is 51.5 Å². The first-order chi connectivity index (χ1) is 18.2. The Morgan fingerprint density at radius 3 is 2.36 bits per heavy atom. The van der Waals surface area contributed by atoms with E-state index in [1.165, 1.54) is 11.0 Å². The summed E-state index contributed by atoms with van der Waals surface area (Å²) in [6.07, 6.45) is 0.184. The zero-order chi connectivity index (χ0) is 28.7. The van der Waals surface area contributed by atoms with Crippen molar-refractivity contribution in [1.29, 1.82) is 0 Å².